The molecule has 2 saturated heterocycles. The summed E-state index contributed by atoms with van der Waals surface area (Å²) in [4.78, 5) is 57.5. The molecule has 4 rings (SSSR count). The highest BCUT2D eigenvalue weighted by Crippen LogP contribution is 2.35. The third-order valence-electron chi connectivity index (χ3n) is 11.4. The highest BCUT2D eigenvalue weighted by atomic mass is 16.5. The Morgan fingerprint density at radius 1 is 1.00 bits per heavy atom. The Balaban J connectivity index is 0.00000243. The van der Waals surface area contributed by atoms with Gasteiger partial charge in [0.1, 0.15) is 0 Å². The molecular weight excluding hydrogens is 674 g/mol. The average molecular weight is 744 g/mol. The van der Waals surface area contributed by atoms with Gasteiger partial charge in [-0.1, -0.05) is 77.8 Å². The predicted octanol–water partition coefficient (Wildman–Crippen LogP) is 3.95. The molecule has 0 radical (unpaired) electrons. The molecular formula is C41H69N5O7. The van der Waals surface area contributed by atoms with Crippen molar-refractivity contribution in [2.24, 2.45) is 17.8 Å². The van der Waals surface area contributed by atoms with Crippen molar-refractivity contribution in [2.45, 2.75) is 135 Å². The summed E-state index contributed by atoms with van der Waals surface area (Å²) in [7, 11) is 6.52. The lowest BCUT2D eigenvalue weighted by atomic mass is 9.90. The van der Waals surface area contributed by atoms with Crippen molar-refractivity contribution in [3.05, 3.63) is 35.9 Å². The zero-order chi connectivity index (χ0) is 39.1. The number of methoxy groups -OCH3 is 3. The van der Waals surface area contributed by atoms with Gasteiger partial charge in [0.25, 0.3) is 0 Å². The number of carbonyl (C=O) groups is 4. The van der Waals surface area contributed by atoms with Crippen LogP contribution in [0.25, 0.3) is 0 Å². The Hall–Kier alpha value is -3.06. The number of nitrogens with zero attached hydrogens (tertiary/aromatic N) is 2. The molecule has 3 N–H and O–H groups in total. The minimum Gasteiger partial charge on any atom is -0.383 e. The van der Waals surface area contributed by atoms with Gasteiger partial charge in [0, 0.05) is 41.0 Å². The summed E-state index contributed by atoms with van der Waals surface area (Å²) in [6.07, 6.45) is 6.34. The van der Waals surface area contributed by atoms with E-state index in [1.807, 2.05) is 42.2 Å². The van der Waals surface area contributed by atoms with Crippen LogP contribution < -0.4 is 16.0 Å². The Kier molecular flexibility index (Phi) is 18.7. The summed E-state index contributed by atoms with van der Waals surface area (Å²) in [6, 6.07) is 9.26. The maximum absolute atomic E-state index is 14.0. The fourth-order valence-electron chi connectivity index (χ4n) is 8.46. The van der Waals surface area contributed by atoms with Crippen molar-refractivity contribution in [2.75, 3.05) is 48.1 Å². The lowest BCUT2D eigenvalue weighted by Crippen LogP contribution is -2.55. The van der Waals surface area contributed by atoms with Crippen LogP contribution in [-0.2, 0) is 39.8 Å². The molecule has 12 heteroatoms. The van der Waals surface area contributed by atoms with Gasteiger partial charge in [0.05, 0.1) is 61.9 Å². The van der Waals surface area contributed by atoms with E-state index in [1.54, 1.807) is 33.3 Å². The monoisotopic (exact) mass is 744 g/mol. The molecule has 2 bridgehead atoms. The van der Waals surface area contributed by atoms with E-state index in [-0.39, 0.29) is 66.7 Å². The molecule has 2 heterocycles. The molecule has 1 saturated carbocycles. The number of amides is 4. The van der Waals surface area contributed by atoms with E-state index >= 15 is 0 Å². The average Bonchev–Trinajstić information content (AvgIpc) is 3.93. The van der Waals surface area contributed by atoms with Crippen molar-refractivity contribution < 1.29 is 33.4 Å². The number of rotatable bonds is 19. The minimum atomic E-state index is -0.565. The number of likely N-dealkylation sites (N-methyl/N-ethyl adjacent to an activating group) is 1. The van der Waals surface area contributed by atoms with Crippen LogP contribution in [0.3, 0.4) is 0 Å². The quantitative estimate of drug-likeness (QED) is 0.194. The van der Waals surface area contributed by atoms with Gasteiger partial charge >= 0.3 is 0 Å². The number of carbonyl (C=O) groups excluding carboxylic acids is 4. The van der Waals surface area contributed by atoms with E-state index < -0.39 is 18.1 Å². The van der Waals surface area contributed by atoms with E-state index in [9.17, 15) is 19.2 Å². The maximum Gasteiger partial charge on any atom is 0.242 e. The number of likely N-dealkylation sites (tertiary alicyclic amines) is 1. The van der Waals surface area contributed by atoms with Crippen molar-refractivity contribution in [1.82, 2.24) is 25.8 Å². The first-order valence-electron chi connectivity index (χ1n) is 19.9. The molecule has 9 unspecified atom stereocenters. The van der Waals surface area contributed by atoms with Gasteiger partial charge < -0.3 is 40.0 Å². The number of fused-ring (bicyclic) bond motifs is 2. The number of ether oxygens (including phenoxy) is 3. The molecule has 1 aromatic rings. The van der Waals surface area contributed by atoms with Crippen LogP contribution in [0.2, 0.25) is 0 Å². The number of hydrogen-bond donors (Lipinski definition) is 3. The van der Waals surface area contributed by atoms with Gasteiger partial charge in [0.15, 0.2) is 0 Å². The number of benzene rings is 1. The molecule has 1 aromatic carbocycles. The highest BCUT2D eigenvalue weighted by Gasteiger charge is 2.44. The lowest BCUT2D eigenvalue weighted by Gasteiger charge is -2.39. The smallest absolute Gasteiger partial charge is 0.242 e. The zero-order valence-electron chi connectivity index (χ0n) is 33.9. The highest BCUT2D eigenvalue weighted by molar-refractivity contribution is 5.88. The summed E-state index contributed by atoms with van der Waals surface area (Å²) in [5.41, 5.74) is 1.10. The molecule has 10 atom stereocenters. The lowest BCUT2D eigenvalue weighted by molar-refractivity contribution is -0.146. The Morgan fingerprint density at radius 3 is 2.26 bits per heavy atom. The van der Waals surface area contributed by atoms with Gasteiger partial charge in [-0.2, -0.15) is 0 Å². The molecule has 2 aliphatic heterocycles. The molecule has 0 spiro atoms. The Morgan fingerprint density at radius 2 is 1.70 bits per heavy atom. The minimum absolute atomic E-state index is 0.0328. The second kappa shape index (κ2) is 22.4. The normalized spacial score (nSPS) is 23.9. The third-order valence-corrected chi connectivity index (χ3v) is 11.4. The summed E-state index contributed by atoms with van der Waals surface area (Å²) >= 11 is 0. The number of hydrogen-bond acceptors (Lipinski definition) is 8. The van der Waals surface area contributed by atoms with Gasteiger partial charge in [0.2, 0.25) is 23.6 Å². The SMILES string of the molecule is CCC.CCC(C)C(C(CC(=O)N1CCCC1C(OC)C(C)C(=O)N[C@H](COC)Cc1ccccc1)OC)N(C)C(=O)CNC(=O)C1NC2CCC1C2. The first-order chi connectivity index (χ1) is 25.4. The number of piperidine rings is 1. The van der Waals surface area contributed by atoms with Crippen molar-refractivity contribution in [3.63, 3.8) is 0 Å². The molecule has 3 aliphatic rings. The van der Waals surface area contributed by atoms with Crippen molar-refractivity contribution in [1.29, 1.82) is 0 Å². The van der Waals surface area contributed by atoms with E-state index in [1.165, 1.54) is 6.42 Å². The van der Waals surface area contributed by atoms with Crippen LogP contribution >= 0.6 is 0 Å². The van der Waals surface area contributed by atoms with E-state index in [0.29, 0.717) is 31.5 Å². The predicted molar refractivity (Wildman–Crippen MR) is 207 cm³/mol. The molecule has 3 fully saturated rings. The largest absolute Gasteiger partial charge is 0.383 e. The van der Waals surface area contributed by atoms with Crippen LogP contribution in [-0.4, -0.2) is 124 Å². The van der Waals surface area contributed by atoms with Crippen LogP contribution in [0.5, 0.6) is 0 Å². The molecule has 12 nitrogen and oxygen atoms in total. The van der Waals surface area contributed by atoms with E-state index in [2.05, 4.69) is 43.6 Å². The summed E-state index contributed by atoms with van der Waals surface area (Å²) in [5, 5.41) is 9.39. The van der Waals surface area contributed by atoms with E-state index in [4.69, 9.17) is 14.2 Å². The van der Waals surface area contributed by atoms with Crippen molar-refractivity contribution >= 4 is 23.6 Å². The van der Waals surface area contributed by atoms with Crippen LogP contribution in [0, 0.1) is 17.8 Å². The second-order valence-electron chi connectivity index (χ2n) is 15.3. The maximum atomic E-state index is 14.0. The fourth-order valence-corrected chi connectivity index (χ4v) is 8.46. The standard InChI is InChI=1S/C38H61N5O7.C3H8/c1-8-24(2)35(42(4)33(45)22-39-38(47)34-27-16-17-28(20-27)40-34)31(49-6)21-32(44)43-18-12-15-30(43)36(50-7)25(3)37(46)41-29(23-48-5)19-26-13-10-9-11-14-26;1-3-2/h9-11,13-14,24-25,27-31,34-36,40H,8,12,15-23H2,1-7H3,(H,39,47)(H,41,46);3H2,1-2H3/t24?,25?,27?,28?,29-,30?,31?,34?,35?,36?;/m0./s1. The first kappa shape index (κ1) is 44.3. The van der Waals surface area contributed by atoms with Crippen LogP contribution in [0.1, 0.15) is 91.5 Å². The molecule has 4 amide bonds. The van der Waals surface area contributed by atoms with Gasteiger partial charge in [-0.15, -0.1) is 0 Å². The second-order valence-corrected chi connectivity index (χ2v) is 15.3. The Labute approximate surface area is 318 Å². The number of nitrogens with one attached hydrogen (secondary N) is 3. The van der Waals surface area contributed by atoms with Crippen molar-refractivity contribution in [3.8, 4) is 0 Å². The summed E-state index contributed by atoms with van der Waals surface area (Å²) < 4.78 is 17.3. The summed E-state index contributed by atoms with van der Waals surface area (Å²) in [5.74, 6) is -0.749. The summed E-state index contributed by atoms with van der Waals surface area (Å²) in [6.45, 7) is 11.0. The van der Waals surface area contributed by atoms with Gasteiger partial charge in [-0.05, 0) is 55.9 Å². The van der Waals surface area contributed by atoms with Gasteiger partial charge in [-0.3, -0.25) is 19.2 Å². The topological polar surface area (TPSA) is 139 Å². The van der Waals surface area contributed by atoms with Gasteiger partial charge in [-0.25, -0.2) is 0 Å². The first-order valence-corrected chi connectivity index (χ1v) is 19.9. The third kappa shape index (κ3) is 12.2. The molecule has 53 heavy (non-hydrogen) atoms. The van der Waals surface area contributed by atoms with Crippen LogP contribution in [0.15, 0.2) is 30.3 Å². The fraction of sp³-hybridized carbons (Fsp3) is 0.756. The molecule has 300 valence electrons. The molecule has 0 aromatic heterocycles. The Bertz CT molecular complexity index is 1280. The zero-order valence-corrected chi connectivity index (χ0v) is 33.9. The van der Waals surface area contributed by atoms with Crippen LogP contribution in [0.4, 0.5) is 0 Å². The molecule has 1 aliphatic carbocycles. The van der Waals surface area contributed by atoms with E-state index in [0.717, 1.165) is 44.1 Å².